The summed E-state index contributed by atoms with van der Waals surface area (Å²) in [7, 11) is 0. The van der Waals surface area contributed by atoms with E-state index in [0.29, 0.717) is 0 Å². The van der Waals surface area contributed by atoms with Crippen LogP contribution < -0.4 is 4.90 Å². The third-order valence-corrected chi connectivity index (χ3v) is 4.71. The first-order valence-corrected chi connectivity index (χ1v) is 8.56. The molecule has 0 saturated carbocycles. The predicted molar refractivity (Wildman–Crippen MR) is 93.8 cm³/mol. The first-order chi connectivity index (χ1) is 12.1. The molecule has 4 nitrogen and oxygen atoms in total. The van der Waals surface area contributed by atoms with Gasteiger partial charge in [-0.1, -0.05) is 26.0 Å². The van der Waals surface area contributed by atoms with Crippen LogP contribution in [0.25, 0.3) is 5.52 Å². The molecule has 1 aliphatic rings. The van der Waals surface area contributed by atoms with Crippen molar-refractivity contribution in [3.63, 3.8) is 0 Å². The van der Waals surface area contributed by atoms with Crippen molar-refractivity contribution in [1.29, 1.82) is 0 Å². The zero-order chi connectivity index (χ0) is 17.6. The van der Waals surface area contributed by atoms with E-state index in [1.54, 1.807) is 18.5 Å². The van der Waals surface area contributed by atoms with Crippen LogP contribution >= 0.6 is 0 Å². The van der Waals surface area contributed by atoms with E-state index in [1.807, 2.05) is 16.7 Å². The quantitative estimate of drug-likeness (QED) is 0.680. The molecule has 6 heteroatoms. The molecule has 3 aromatic rings. The van der Waals surface area contributed by atoms with E-state index < -0.39 is 6.43 Å². The number of hydrogen-bond donors (Lipinski definition) is 0. The minimum atomic E-state index is -2.47. The molecular weight excluding hydrogens is 322 g/mol. The Morgan fingerprint density at radius 3 is 2.80 bits per heavy atom. The molecule has 0 fully saturated rings. The standard InChI is InChI=1S/C19H20F2N4/c1-12(2)18-23-19(16-11-22-7-9-25(16)18)24-8-3-4-13-5-6-14(17(20)21)10-15(13)24/h5-7,9-12,17H,3-4,8H2,1-2H3. The maximum absolute atomic E-state index is 13.2. The van der Waals surface area contributed by atoms with Crippen LogP contribution in [-0.2, 0) is 6.42 Å². The third kappa shape index (κ3) is 2.65. The van der Waals surface area contributed by atoms with Crippen molar-refractivity contribution in [2.24, 2.45) is 0 Å². The van der Waals surface area contributed by atoms with E-state index in [2.05, 4.69) is 23.7 Å². The Balaban J connectivity index is 1.90. The Bertz CT molecular complexity index is 917. The highest BCUT2D eigenvalue weighted by molar-refractivity contribution is 5.78. The molecule has 0 amide bonds. The zero-order valence-electron chi connectivity index (χ0n) is 14.3. The van der Waals surface area contributed by atoms with Gasteiger partial charge < -0.3 is 4.90 Å². The van der Waals surface area contributed by atoms with Gasteiger partial charge in [-0.25, -0.2) is 13.8 Å². The van der Waals surface area contributed by atoms with Crippen molar-refractivity contribution in [3.05, 3.63) is 53.7 Å². The van der Waals surface area contributed by atoms with Gasteiger partial charge in [-0.2, -0.15) is 0 Å². The molecule has 4 rings (SSSR count). The summed E-state index contributed by atoms with van der Waals surface area (Å²) in [5.41, 5.74) is 2.88. The van der Waals surface area contributed by atoms with Crippen LogP contribution in [0.2, 0.25) is 0 Å². The fourth-order valence-electron chi connectivity index (χ4n) is 3.50. The average Bonchev–Trinajstić information content (AvgIpc) is 3.00. The number of aromatic nitrogens is 3. The van der Waals surface area contributed by atoms with Gasteiger partial charge in [0.15, 0.2) is 5.82 Å². The van der Waals surface area contributed by atoms with E-state index in [-0.39, 0.29) is 11.5 Å². The summed E-state index contributed by atoms with van der Waals surface area (Å²) in [6.07, 6.45) is 4.83. The number of hydrogen-bond acceptors (Lipinski definition) is 3. The minimum Gasteiger partial charge on any atom is -0.324 e. The molecule has 0 radical (unpaired) electrons. The Kier molecular flexibility index (Phi) is 3.90. The van der Waals surface area contributed by atoms with E-state index in [9.17, 15) is 8.78 Å². The van der Waals surface area contributed by atoms with Crippen LogP contribution in [-0.4, -0.2) is 20.9 Å². The normalized spacial score (nSPS) is 14.6. The maximum Gasteiger partial charge on any atom is 0.263 e. The first-order valence-electron chi connectivity index (χ1n) is 8.56. The SMILES string of the molecule is CC(C)c1nc(N2CCCc3ccc(C(F)F)cc32)c2cnccn12. The van der Waals surface area contributed by atoms with Gasteiger partial charge in [-0.15, -0.1) is 0 Å². The Hall–Kier alpha value is -2.50. The van der Waals surface area contributed by atoms with Crippen molar-refractivity contribution in [3.8, 4) is 0 Å². The van der Waals surface area contributed by atoms with Crippen LogP contribution in [0.1, 0.15) is 49.6 Å². The summed E-state index contributed by atoms with van der Waals surface area (Å²) in [5.74, 6) is 1.99. The van der Waals surface area contributed by atoms with Crippen molar-refractivity contribution >= 4 is 17.0 Å². The molecule has 0 atom stereocenters. The lowest BCUT2D eigenvalue weighted by atomic mass is 9.99. The highest BCUT2D eigenvalue weighted by Crippen LogP contribution is 2.38. The minimum absolute atomic E-state index is 0.0522. The van der Waals surface area contributed by atoms with E-state index >= 15 is 0 Å². The van der Waals surface area contributed by atoms with Crippen molar-refractivity contribution in [2.45, 2.75) is 39.0 Å². The number of aryl methyl sites for hydroxylation is 1. The van der Waals surface area contributed by atoms with E-state index in [0.717, 1.165) is 47.8 Å². The summed E-state index contributed by atoms with van der Waals surface area (Å²) in [6, 6.07) is 4.96. The second kappa shape index (κ2) is 6.10. The van der Waals surface area contributed by atoms with Crippen molar-refractivity contribution in [1.82, 2.24) is 14.4 Å². The Labute approximate surface area is 145 Å². The van der Waals surface area contributed by atoms with Gasteiger partial charge >= 0.3 is 0 Å². The van der Waals surface area contributed by atoms with Crippen molar-refractivity contribution < 1.29 is 8.78 Å². The number of fused-ring (bicyclic) bond motifs is 2. The van der Waals surface area contributed by atoms with Crippen LogP contribution in [0.5, 0.6) is 0 Å². The van der Waals surface area contributed by atoms with Gasteiger partial charge in [0.25, 0.3) is 6.43 Å². The molecule has 1 aliphatic heterocycles. The fraction of sp³-hybridized carbons (Fsp3) is 0.368. The molecule has 0 saturated heterocycles. The zero-order valence-corrected chi connectivity index (χ0v) is 14.3. The number of anilines is 2. The molecule has 1 aromatic carbocycles. The fourth-order valence-corrected chi connectivity index (χ4v) is 3.50. The number of rotatable bonds is 3. The van der Waals surface area contributed by atoms with Crippen LogP contribution in [0.3, 0.4) is 0 Å². The second-order valence-corrected chi connectivity index (χ2v) is 6.72. The molecule has 2 aromatic heterocycles. The van der Waals surface area contributed by atoms with Gasteiger partial charge in [-0.05, 0) is 24.5 Å². The summed E-state index contributed by atoms with van der Waals surface area (Å²) < 4.78 is 28.4. The van der Waals surface area contributed by atoms with Gasteiger partial charge in [0.05, 0.1) is 6.20 Å². The molecule has 0 aliphatic carbocycles. The molecule has 0 N–H and O–H groups in total. The average molecular weight is 342 g/mol. The smallest absolute Gasteiger partial charge is 0.263 e. The Morgan fingerprint density at radius 2 is 2.04 bits per heavy atom. The van der Waals surface area contributed by atoms with Crippen LogP contribution in [0, 0.1) is 0 Å². The second-order valence-electron chi connectivity index (χ2n) is 6.72. The predicted octanol–water partition coefficient (Wildman–Crippen LogP) is 4.87. The van der Waals surface area contributed by atoms with E-state index in [4.69, 9.17) is 4.98 Å². The molecule has 3 heterocycles. The largest absolute Gasteiger partial charge is 0.324 e. The summed E-state index contributed by atoms with van der Waals surface area (Å²) in [4.78, 5) is 11.1. The molecule has 0 bridgehead atoms. The Morgan fingerprint density at radius 1 is 1.20 bits per heavy atom. The summed E-state index contributed by atoms with van der Waals surface area (Å²) in [5, 5.41) is 0. The molecule has 0 spiro atoms. The topological polar surface area (TPSA) is 33.4 Å². The lowest BCUT2D eigenvalue weighted by molar-refractivity contribution is 0.151. The first kappa shape index (κ1) is 16.0. The number of nitrogens with zero attached hydrogens (tertiary/aromatic N) is 4. The third-order valence-electron chi connectivity index (χ3n) is 4.71. The lowest BCUT2D eigenvalue weighted by Gasteiger charge is -2.30. The summed E-state index contributed by atoms with van der Waals surface area (Å²) in [6.45, 7) is 4.95. The lowest BCUT2D eigenvalue weighted by Crippen LogP contribution is -2.25. The van der Waals surface area contributed by atoms with Crippen molar-refractivity contribution in [2.75, 3.05) is 11.4 Å². The molecule has 0 unspecified atom stereocenters. The maximum atomic E-state index is 13.2. The molecule has 25 heavy (non-hydrogen) atoms. The summed E-state index contributed by atoms with van der Waals surface area (Å²) >= 11 is 0. The van der Waals surface area contributed by atoms with Gasteiger partial charge in [0, 0.05) is 36.1 Å². The number of halogens is 2. The highest BCUT2D eigenvalue weighted by atomic mass is 19.3. The molecule has 130 valence electrons. The van der Waals surface area contributed by atoms with Gasteiger partial charge in [0.2, 0.25) is 0 Å². The number of benzene rings is 1. The highest BCUT2D eigenvalue weighted by Gasteiger charge is 2.25. The van der Waals surface area contributed by atoms with Gasteiger partial charge in [0.1, 0.15) is 11.3 Å². The number of alkyl halides is 2. The monoisotopic (exact) mass is 342 g/mol. The van der Waals surface area contributed by atoms with Gasteiger partial charge in [-0.3, -0.25) is 9.38 Å². The molecular formula is C19H20F2N4. The van der Waals surface area contributed by atoms with Crippen LogP contribution in [0.15, 0.2) is 36.8 Å². The van der Waals surface area contributed by atoms with E-state index in [1.165, 1.54) is 6.07 Å². The number of imidazole rings is 1. The van der Waals surface area contributed by atoms with Crippen LogP contribution in [0.4, 0.5) is 20.3 Å².